The lowest BCUT2D eigenvalue weighted by Gasteiger charge is -2.02. The number of thiophene rings is 1. The highest BCUT2D eigenvalue weighted by molar-refractivity contribution is 7.13. The summed E-state index contributed by atoms with van der Waals surface area (Å²) in [5.41, 5.74) is 2.61. The molecular weight excluding hydrogens is 328 g/mol. The van der Waals surface area contributed by atoms with Crippen LogP contribution in [0.2, 0.25) is 0 Å². The normalized spacial score (nSPS) is 10.8. The molecule has 0 aliphatic carbocycles. The van der Waals surface area contributed by atoms with Gasteiger partial charge in [-0.05, 0) is 37.8 Å². The summed E-state index contributed by atoms with van der Waals surface area (Å²) in [5.74, 6) is -0.108. The minimum absolute atomic E-state index is 0.000616. The van der Waals surface area contributed by atoms with E-state index in [0.29, 0.717) is 34.1 Å². The van der Waals surface area contributed by atoms with Gasteiger partial charge in [0.1, 0.15) is 24.3 Å². The monoisotopic (exact) mass is 344 g/mol. The fraction of sp³-hybridized carbons (Fsp3) is 0.235. The molecule has 0 aromatic carbocycles. The van der Waals surface area contributed by atoms with Gasteiger partial charge in [0.05, 0.1) is 4.88 Å². The van der Waals surface area contributed by atoms with Gasteiger partial charge in [-0.25, -0.2) is 9.78 Å². The van der Waals surface area contributed by atoms with E-state index in [2.05, 4.69) is 9.97 Å². The first-order valence-corrected chi connectivity index (χ1v) is 8.21. The van der Waals surface area contributed by atoms with Gasteiger partial charge in [0.15, 0.2) is 5.78 Å². The molecule has 0 saturated heterocycles. The van der Waals surface area contributed by atoms with Crippen LogP contribution in [0.4, 0.5) is 0 Å². The maximum Gasteiger partial charge on any atom is 0.355 e. The molecule has 3 rings (SSSR count). The third kappa shape index (κ3) is 3.03. The molecule has 24 heavy (non-hydrogen) atoms. The molecule has 6 nitrogen and oxygen atoms in total. The zero-order valence-electron chi connectivity index (χ0n) is 13.5. The number of carbonyl (C=O) groups excluding carboxylic acids is 2. The van der Waals surface area contributed by atoms with Crippen LogP contribution in [0.1, 0.15) is 44.7 Å². The fourth-order valence-electron chi connectivity index (χ4n) is 2.58. The number of nitrogens with zero attached hydrogens (tertiary/aromatic N) is 1. The number of aryl methyl sites for hydroxylation is 1. The van der Waals surface area contributed by atoms with E-state index in [9.17, 15) is 9.59 Å². The number of oxazole rings is 1. The number of ketones is 1. The van der Waals surface area contributed by atoms with Crippen LogP contribution < -0.4 is 0 Å². The fourth-order valence-corrected chi connectivity index (χ4v) is 3.24. The molecule has 0 bridgehead atoms. The predicted octanol–water partition coefficient (Wildman–Crippen LogP) is 3.91. The smallest absolute Gasteiger partial charge is 0.355 e. The van der Waals surface area contributed by atoms with E-state index >= 15 is 0 Å². The van der Waals surface area contributed by atoms with Crippen molar-refractivity contribution < 1.29 is 18.7 Å². The molecule has 0 unspecified atom stereocenters. The number of aromatic nitrogens is 2. The van der Waals surface area contributed by atoms with Crippen LogP contribution in [-0.2, 0) is 11.3 Å². The van der Waals surface area contributed by atoms with Crippen LogP contribution in [0.25, 0.3) is 10.8 Å². The molecule has 0 fully saturated rings. The molecule has 0 saturated carbocycles. The highest BCUT2D eigenvalue weighted by Crippen LogP contribution is 2.24. The molecule has 0 atom stereocenters. The number of carbonyl (C=O) groups is 2. The van der Waals surface area contributed by atoms with Crippen molar-refractivity contribution >= 4 is 23.1 Å². The molecule has 1 N–H and O–H groups in total. The van der Waals surface area contributed by atoms with E-state index in [4.69, 9.17) is 9.15 Å². The van der Waals surface area contributed by atoms with E-state index in [1.807, 2.05) is 17.5 Å². The van der Waals surface area contributed by atoms with Crippen molar-refractivity contribution in [2.75, 3.05) is 0 Å². The Bertz CT molecular complexity index is 890. The summed E-state index contributed by atoms with van der Waals surface area (Å²) in [6.07, 6.45) is 1.47. The summed E-state index contributed by atoms with van der Waals surface area (Å²) in [5, 5.41) is 1.93. The molecule has 0 aliphatic rings. The van der Waals surface area contributed by atoms with Gasteiger partial charge < -0.3 is 14.1 Å². The molecule has 124 valence electrons. The quantitative estimate of drug-likeness (QED) is 0.560. The molecular formula is C17H16N2O4S. The topological polar surface area (TPSA) is 85.2 Å². The minimum atomic E-state index is -0.524. The first-order chi connectivity index (χ1) is 11.5. The Morgan fingerprint density at radius 1 is 1.38 bits per heavy atom. The molecule has 0 radical (unpaired) electrons. The Kier molecular flexibility index (Phi) is 4.35. The van der Waals surface area contributed by atoms with E-state index < -0.39 is 5.97 Å². The molecule has 3 aromatic heterocycles. The zero-order chi connectivity index (χ0) is 17.3. The average molecular weight is 344 g/mol. The molecule has 3 heterocycles. The summed E-state index contributed by atoms with van der Waals surface area (Å²) in [4.78, 5) is 32.0. The number of rotatable bonds is 5. The van der Waals surface area contributed by atoms with Crippen LogP contribution >= 0.6 is 11.3 Å². The number of hydrogen-bond acceptors (Lipinski definition) is 6. The first-order valence-electron chi connectivity index (χ1n) is 7.33. The third-order valence-electron chi connectivity index (χ3n) is 3.63. The van der Waals surface area contributed by atoms with Crippen molar-refractivity contribution in [3.05, 3.63) is 52.0 Å². The van der Waals surface area contributed by atoms with Crippen molar-refractivity contribution in [2.45, 2.75) is 27.4 Å². The highest BCUT2D eigenvalue weighted by Gasteiger charge is 2.21. The largest absolute Gasteiger partial charge is 0.454 e. The van der Waals surface area contributed by atoms with Gasteiger partial charge in [0.2, 0.25) is 5.89 Å². The number of ether oxygens (including phenoxy) is 1. The lowest BCUT2D eigenvalue weighted by molar-refractivity contribution is 0.0460. The Morgan fingerprint density at radius 2 is 2.17 bits per heavy atom. The van der Waals surface area contributed by atoms with Crippen LogP contribution in [0, 0.1) is 13.8 Å². The van der Waals surface area contributed by atoms with E-state index in [0.717, 1.165) is 4.88 Å². The number of aromatic amines is 1. The van der Waals surface area contributed by atoms with Crippen molar-refractivity contribution in [3.8, 4) is 10.8 Å². The van der Waals surface area contributed by atoms with E-state index in [-0.39, 0.29) is 12.4 Å². The molecule has 0 spiro atoms. The van der Waals surface area contributed by atoms with Gasteiger partial charge in [-0.15, -0.1) is 11.3 Å². The third-order valence-corrected chi connectivity index (χ3v) is 4.49. The highest BCUT2D eigenvalue weighted by atomic mass is 32.1. The van der Waals surface area contributed by atoms with Crippen molar-refractivity contribution in [2.24, 2.45) is 0 Å². The molecule has 3 aromatic rings. The van der Waals surface area contributed by atoms with Crippen LogP contribution in [0.5, 0.6) is 0 Å². The number of hydrogen-bond donors (Lipinski definition) is 1. The maximum absolute atomic E-state index is 12.2. The maximum atomic E-state index is 12.2. The van der Waals surface area contributed by atoms with Gasteiger partial charge in [0, 0.05) is 11.3 Å². The van der Waals surface area contributed by atoms with Gasteiger partial charge in [-0.2, -0.15) is 0 Å². The Hall–Kier alpha value is -2.67. The van der Waals surface area contributed by atoms with Gasteiger partial charge in [0.25, 0.3) is 0 Å². The average Bonchev–Trinajstić information content (AvgIpc) is 3.24. The molecule has 7 heteroatoms. The van der Waals surface area contributed by atoms with Crippen LogP contribution in [0.3, 0.4) is 0 Å². The van der Waals surface area contributed by atoms with Crippen molar-refractivity contribution in [3.63, 3.8) is 0 Å². The van der Waals surface area contributed by atoms with Gasteiger partial charge >= 0.3 is 5.97 Å². The number of H-pyrrole nitrogens is 1. The lowest BCUT2D eigenvalue weighted by Crippen LogP contribution is -2.08. The minimum Gasteiger partial charge on any atom is -0.454 e. The predicted molar refractivity (Wildman–Crippen MR) is 89.2 cm³/mol. The SMILES string of the molecule is CC(=O)c1c(C)[nH]c(C(=O)OCc2coc(-c3cccs3)n2)c1C. The second-order valence-corrected chi connectivity index (χ2v) is 6.33. The first kappa shape index (κ1) is 16.2. The summed E-state index contributed by atoms with van der Waals surface area (Å²) < 4.78 is 10.7. The number of nitrogens with one attached hydrogen (secondary N) is 1. The number of Topliss-reactive ketones (excluding diaryl/α,β-unsaturated/α-hetero) is 1. The second-order valence-electron chi connectivity index (χ2n) is 5.38. The lowest BCUT2D eigenvalue weighted by atomic mass is 10.1. The van der Waals surface area contributed by atoms with E-state index in [1.54, 1.807) is 13.8 Å². The van der Waals surface area contributed by atoms with Crippen molar-refractivity contribution in [1.82, 2.24) is 9.97 Å². The molecule has 0 aliphatic heterocycles. The van der Waals surface area contributed by atoms with Gasteiger partial charge in [-0.3, -0.25) is 4.79 Å². The summed E-state index contributed by atoms with van der Waals surface area (Å²) in [6, 6.07) is 3.81. The van der Waals surface area contributed by atoms with Crippen LogP contribution in [-0.4, -0.2) is 21.7 Å². The van der Waals surface area contributed by atoms with E-state index in [1.165, 1.54) is 24.5 Å². The Labute approximate surface area is 142 Å². The van der Waals surface area contributed by atoms with Gasteiger partial charge in [-0.1, -0.05) is 6.07 Å². The second kappa shape index (κ2) is 6.45. The van der Waals surface area contributed by atoms with Crippen molar-refractivity contribution in [1.29, 1.82) is 0 Å². The standard InChI is InChI=1S/C17H16N2O4S/c1-9-14(11(3)20)10(2)18-15(9)17(21)23-8-12-7-22-16(19-12)13-5-4-6-24-13/h4-7,18H,8H2,1-3H3. The summed E-state index contributed by atoms with van der Waals surface area (Å²) >= 11 is 1.52. The summed E-state index contributed by atoms with van der Waals surface area (Å²) in [6.45, 7) is 4.95. The Morgan fingerprint density at radius 3 is 2.79 bits per heavy atom. The Balaban J connectivity index is 1.70. The zero-order valence-corrected chi connectivity index (χ0v) is 14.3. The summed E-state index contributed by atoms with van der Waals surface area (Å²) in [7, 11) is 0. The van der Waals surface area contributed by atoms with Crippen LogP contribution in [0.15, 0.2) is 28.2 Å². The molecule has 0 amide bonds. The number of esters is 1.